The van der Waals surface area contributed by atoms with Crippen LogP contribution < -0.4 is 5.73 Å². The Morgan fingerprint density at radius 1 is 1.16 bits per heavy atom. The number of hydrogen-bond donors (Lipinski definition) is 3. The molecule has 2 saturated carbocycles. The molecule has 2 unspecified atom stereocenters. The van der Waals surface area contributed by atoms with Gasteiger partial charge in [-0.25, -0.2) is 0 Å². The summed E-state index contributed by atoms with van der Waals surface area (Å²) in [6.45, 7) is 2.34. The Morgan fingerprint density at radius 3 is 2.42 bits per heavy atom. The average molecular weight is 546 g/mol. The Labute approximate surface area is 225 Å². The van der Waals surface area contributed by atoms with E-state index in [9.17, 15) is 34.2 Å². The molecule has 5 rings (SSSR count). The van der Waals surface area contributed by atoms with Crippen LogP contribution in [0.1, 0.15) is 47.2 Å². The quantitative estimate of drug-likeness (QED) is 0.458. The van der Waals surface area contributed by atoms with Crippen LogP contribution in [0.15, 0.2) is 6.07 Å². The van der Waals surface area contributed by atoms with Crippen LogP contribution in [0.25, 0.3) is 0 Å². The molecule has 1 aliphatic heterocycles. The lowest BCUT2D eigenvalue weighted by Crippen LogP contribution is -2.74. The Bertz CT molecular complexity index is 1260. The zero-order chi connectivity index (χ0) is 27.7. The molecule has 204 valence electrons. The molecule has 38 heavy (non-hydrogen) atoms. The smallest absolute Gasteiger partial charge is 0.235 e. The normalized spacial score (nSPS) is 33.7. The molecule has 4 N–H and O–H groups in total. The third-order valence-electron chi connectivity index (χ3n) is 8.91. The summed E-state index contributed by atoms with van der Waals surface area (Å²) >= 11 is 6.80. The Kier molecular flexibility index (Phi) is 6.74. The molecule has 10 nitrogen and oxygen atoms in total. The number of rotatable bonds is 4. The first-order valence-corrected chi connectivity index (χ1v) is 13.4. The number of aliphatic hydroxyl groups is 1. The molecule has 3 fully saturated rings. The van der Waals surface area contributed by atoms with Crippen molar-refractivity contribution in [1.29, 1.82) is 0 Å². The molecule has 1 heterocycles. The van der Waals surface area contributed by atoms with E-state index in [2.05, 4.69) is 4.90 Å². The third-order valence-corrected chi connectivity index (χ3v) is 9.38. The number of carbonyl (C=O) groups excluding carboxylic acids is 5. The average Bonchev–Trinajstić information content (AvgIpc) is 2.84. The standard InChI is InChI=1S/C27H32ClN3O7/c1-30(2)21-15-9-12-8-14-18(16(32)10-13(20(14)28)11-31-6-4-3-5-7-31)22(33)17(12)24(35)27(15,38)25(36)19(23(21)34)26(29)37/h10,12,15,17,19,21,32,38H,3-9,11H2,1-2H3,(H2,29,37)/t12-,15-,17?,19?,21-,27-/m0/s1. The summed E-state index contributed by atoms with van der Waals surface area (Å²) in [5.74, 6) is -10.6. The number of phenolic OH excluding ortho intramolecular Hbond substituents is 1. The number of likely N-dealkylation sites (N-methyl/N-ethyl adjacent to an activating group) is 1. The van der Waals surface area contributed by atoms with Gasteiger partial charge in [0.25, 0.3) is 0 Å². The largest absolute Gasteiger partial charge is 0.507 e. The molecule has 1 saturated heterocycles. The highest BCUT2D eigenvalue weighted by Gasteiger charge is 2.69. The fourth-order valence-electron chi connectivity index (χ4n) is 7.18. The van der Waals surface area contributed by atoms with Gasteiger partial charge in [-0.2, -0.15) is 0 Å². The van der Waals surface area contributed by atoms with Crippen molar-refractivity contribution in [3.05, 3.63) is 27.8 Å². The van der Waals surface area contributed by atoms with Gasteiger partial charge in [0.15, 0.2) is 34.7 Å². The van der Waals surface area contributed by atoms with Gasteiger partial charge >= 0.3 is 0 Å². The first kappa shape index (κ1) is 26.9. The van der Waals surface area contributed by atoms with Gasteiger partial charge in [-0.1, -0.05) is 18.0 Å². The van der Waals surface area contributed by atoms with E-state index in [1.807, 2.05) is 0 Å². The molecule has 1 amide bonds. The molecule has 0 radical (unpaired) electrons. The molecule has 6 atom stereocenters. The van der Waals surface area contributed by atoms with Crippen LogP contribution in [0.5, 0.6) is 5.75 Å². The SMILES string of the molecule is CN(C)[C@@H]1C(=O)C(C(N)=O)C(=O)[C@@]2(O)C(=O)C3C(=O)c4c(O)cc(CN5CCCCC5)c(Cl)c4C[C@H]3C[C@@H]12. The topological polar surface area (TPSA) is 158 Å². The molecule has 11 heteroatoms. The maximum atomic E-state index is 13.8. The number of ketones is 4. The summed E-state index contributed by atoms with van der Waals surface area (Å²) < 4.78 is 0. The minimum absolute atomic E-state index is 0.00264. The number of nitrogens with two attached hydrogens (primary N) is 1. The van der Waals surface area contributed by atoms with E-state index in [-0.39, 0.29) is 24.2 Å². The zero-order valence-corrected chi connectivity index (χ0v) is 22.2. The van der Waals surface area contributed by atoms with Gasteiger partial charge in [0, 0.05) is 17.5 Å². The van der Waals surface area contributed by atoms with Crippen molar-refractivity contribution in [2.75, 3.05) is 27.2 Å². The summed E-state index contributed by atoms with van der Waals surface area (Å²) in [4.78, 5) is 69.8. The number of amides is 1. The predicted octanol–water partition coefficient (Wildman–Crippen LogP) is 0.506. The molecular weight excluding hydrogens is 514 g/mol. The highest BCUT2D eigenvalue weighted by molar-refractivity contribution is 6.34. The molecular formula is C27H32ClN3O7. The minimum Gasteiger partial charge on any atom is -0.507 e. The number of nitrogens with zero attached hydrogens (tertiary/aromatic N) is 2. The van der Waals surface area contributed by atoms with Crippen molar-refractivity contribution in [3.63, 3.8) is 0 Å². The molecule has 4 aliphatic rings. The number of carbonyl (C=O) groups is 5. The van der Waals surface area contributed by atoms with E-state index in [1.54, 1.807) is 14.1 Å². The lowest BCUT2D eigenvalue weighted by atomic mass is 9.52. The van der Waals surface area contributed by atoms with Gasteiger partial charge in [-0.15, -0.1) is 0 Å². The van der Waals surface area contributed by atoms with Crippen molar-refractivity contribution in [2.24, 2.45) is 29.4 Å². The van der Waals surface area contributed by atoms with Crippen LogP contribution in [0, 0.1) is 23.7 Å². The van der Waals surface area contributed by atoms with Gasteiger partial charge < -0.3 is 15.9 Å². The summed E-state index contributed by atoms with van der Waals surface area (Å²) in [7, 11) is 3.10. The van der Waals surface area contributed by atoms with Crippen molar-refractivity contribution >= 4 is 40.6 Å². The van der Waals surface area contributed by atoms with Crippen LogP contribution in [0.4, 0.5) is 0 Å². The maximum Gasteiger partial charge on any atom is 0.235 e. The van der Waals surface area contributed by atoms with Gasteiger partial charge in [0.05, 0.1) is 17.5 Å². The second-order valence-electron chi connectivity index (χ2n) is 11.3. The lowest BCUT2D eigenvalue weighted by Gasteiger charge is -2.52. The first-order valence-electron chi connectivity index (χ1n) is 13.0. The van der Waals surface area contributed by atoms with Crippen molar-refractivity contribution in [1.82, 2.24) is 9.80 Å². The fraction of sp³-hybridized carbons (Fsp3) is 0.593. The van der Waals surface area contributed by atoms with E-state index in [4.69, 9.17) is 17.3 Å². The number of aromatic hydroxyl groups is 1. The first-order chi connectivity index (χ1) is 17.9. The van der Waals surface area contributed by atoms with Crippen LogP contribution in [0.2, 0.25) is 5.02 Å². The number of Topliss-reactive ketones (excluding diaryl/α,β-unsaturated/α-hetero) is 4. The van der Waals surface area contributed by atoms with Crippen LogP contribution in [-0.2, 0) is 32.1 Å². The molecule has 0 bridgehead atoms. The Morgan fingerprint density at radius 2 is 1.82 bits per heavy atom. The number of piperidine rings is 1. The van der Waals surface area contributed by atoms with Crippen LogP contribution >= 0.6 is 11.6 Å². The van der Waals surface area contributed by atoms with Gasteiger partial charge in [0.1, 0.15) is 5.75 Å². The summed E-state index contributed by atoms with van der Waals surface area (Å²) in [6, 6.07) is 0.319. The molecule has 0 spiro atoms. The van der Waals surface area contributed by atoms with Gasteiger partial charge in [-0.3, -0.25) is 33.8 Å². The maximum absolute atomic E-state index is 13.8. The van der Waals surface area contributed by atoms with Crippen molar-refractivity contribution in [2.45, 2.75) is 50.3 Å². The van der Waals surface area contributed by atoms with Gasteiger partial charge in [-0.05, 0) is 76.0 Å². The van der Waals surface area contributed by atoms with E-state index in [0.29, 0.717) is 22.7 Å². The Balaban J connectivity index is 1.57. The number of primary amides is 1. The second-order valence-corrected chi connectivity index (χ2v) is 11.7. The minimum atomic E-state index is -2.73. The van der Waals surface area contributed by atoms with E-state index in [0.717, 1.165) is 32.4 Å². The monoisotopic (exact) mass is 545 g/mol. The van der Waals surface area contributed by atoms with Crippen molar-refractivity contribution in [3.8, 4) is 5.75 Å². The van der Waals surface area contributed by atoms with E-state index < -0.39 is 64.4 Å². The van der Waals surface area contributed by atoms with E-state index in [1.165, 1.54) is 11.0 Å². The lowest BCUT2D eigenvalue weighted by molar-refractivity contribution is -0.181. The van der Waals surface area contributed by atoms with Gasteiger partial charge in [0.2, 0.25) is 5.91 Å². The molecule has 1 aromatic rings. The summed E-state index contributed by atoms with van der Waals surface area (Å²) in [5.41, 5.74) is 3.65. The van der Waals surface area contributed by atoms with Crippen LogP contribution in [0.3, 0.4) is 0 Å². The van der Waals surface area contributed by atoms with Crippen molar-refractivity contribution < 1.29 is 34.2 Å². The number of benzene rings is 1. The predicted molar refractivity (Wildman–Crippen MR) is 135 cm³/mol. The number of likely N-dealkylation sites (tertiary alicyclic amines) is 1. The molecule has 1 aromatic carbocycles. The highest BCUT2D eigenvalue weighted by atomic mass is 35.5. The number of hydrogen-bond acceptors (Lipinski definition) is 9. The molecule has 3 aliphatic carbocycles. The fourth-order valence-corrected chi connectivity index (χ4v) is 7.47. The highest BCUT2D eigenvalue weighted by Crippen LogP contribution is 2.51. The zero-order valence-electron chi connectivity index (χ0n) is 21.4. The molecule has 0 aromatic heterocycles. The summed E-state index contributed by atoms with van der Waals surface area (Å²) in [5, 5.41) is 22.9. The third kappa shape index (κ3) is 3.84. The number of phenols is 1. The summed E-state index contributed by atoms with van der Waals surface area (Å²) in [6.07, 6.45) is 3.47. The van der Waals surface area contributed by atoms with Crippen LogP contribution in [-0.4, -0.2) is 87.9 Å². The number of fused-ring (bicyclic) bond motifs is 3. The Hall–Kier alpha value is -2.66. The van der Waals surface area contributed by atoms with E-state index >= 15 is 0 Å². The second kappa shape index (κ2) is 9.51. The number of halogens is 1.